The molecule has 1 heterocycles. The van der Waals surface area contributed by atoms with Crippen LogP contribution in [0.1, 0.15) is 30.0 Å². The highest BCUT2D eigenvalue weighted by atomic mass is 16.5. The van der Waals surface area contributed by atoms with Gasteiger partial charge >= 0.3 is 5.97 Å². The molecule has 0 radical (unpaired) electrons. The summed E-state index contributed by atoms with van der Waals surface area (Å²) >= 11 is 0. The predicted octanol–water partition coefficient (Wildman–Crippen LogP) is 2.63. The molecule has 0 spiro atoms. The minimum atomic E-state index is -1.09. The Morgan fingerprint density at radius 3 is 2.61 bits per heavy atom. The van der Waals surface area contributed by atoms with E-state index in [9.17, 15) is 14.7 Å². The molecular formula is C18H21NO4. The molecule has 0 saturated heterocycles. The molecular weight excluding hydrogens is 294 g/mol. The number of ether oxygens (including phenoxy) is 1. The van der Waals surface area contributed by atoms with Gasteiger partial charge < -0.3 is 15.2 Å². The van der Waals surface area contributed by atoms with Crippen LogP contribution in [0.15, 0.2) is 43.5 Å². The quantitative estimate of drug-likeness (QED) is 0.723. The van der Waals surface area contributed by atoms with Crippen molar-refractivity contribution >= 4 is 11.9 Å². The molecule has 2 N–H and O–H groups in total. The standard InChI is InChI=1S/C18H21NO4/c1-3-5-12(6-4-2)17(20)19-16(18(21)22)14-7-8-15-13(11-14)9-10-23-15/h3-4,7-8,11-12,16H,1-2,5-6,9-10H2,(H,19,20)(H,21,22). The van der Waals surface area contributed by atoms with Crippen molar-refractivity contribution in [1.82, 2.24) is 5.32 Å². The maximum Gasteiger partial charge on any atom is 0.330 e. The third-order valence-electron chi connectivity index (χ3n) is 3.85. The monoisotopic (exact) mass is 315 g/mol. The molecule has 1 unspecified atom stereocenters. The van der Waals surface area contributed by atoms with Crippen molar-refractivity contribution in [1.29, 1.82) is 0 Å². The number of fused-ring (bicyclic) bond motifs is 1. The number of aliphatic carboxylic acids is 1. The van der Waals surface area contributed by atoms with E-state index in [2.05, 4.69) is 18.5 Å². The van der Waals surface area contributed by atoms with Crippen molar-refractivity contribution in [2.24, 2.45) is 5.92 Å². The Bertz CT molecular complexity index is 613. The van der Waals surface area contributed by atoms with E-state index in [4.69, 9.17) is 4.74 Å². The molecule has 1 atom stereocenters. The fraction of sp³-hybridized carbons (Fsp3) is 0.333. The van der Waals surface area contributed by atoms with Crippen LogP contribution < -0.4 is 10.1 Å². The highest BCUT2D eigenvalue weighted by Crippen LogP contribution is 2.28. The number of carboxylic acid groups (broad SMARTS) is 1. The number of carbonyl (C=O) groups is 2. The first-order valence-corrected chi connectivity index (χ1v) is 7.57. The largest absolute Gasteiger partial charge is 0.493 e. The molecule has 1 aromatic rings. The van der Waals surface area contributed by atoms with Crippen molar-refractivity contribution in [2.75, 3.05) is 6.61 Å². The van der Waals surface area contributed by atoms with Crippen LogP contribution in [0, 0.1) is 5.92 Å². The van der Waals surface area contributed by atoms with Crippen LogP contribution in [0.4, 0.5) is 0 Å². The van der Waals surface area contributed by atoms with Crippen LogP contribution in [-0.4, -0.2) is 23.6 Å². The average Bonchev–Trinajstić information content (AvgIpc) is 2.99. The summed E-state index contributed by atoms with van der Waals surface area (Å²) in [7, 11) is 0. The van der Waals surface area contributed by atoms with Gasteiger partial charge in [0.1, 0.15) is 5.75 Å². The zero-order valence-electron chi connectivity index (χ0n) is 13.0. The van der Waals surface area contributed by atoms with Crippen molar-refractivity contribution in [2.45, 2.75) is 25.3 Å². The summed E-state index contributed by atoms with van der Waals surface area (Å²) in [5.41, 5.74) is 1.52. The second-order valence-electron chi connectivity index (χ2n) is 5.49. The maximum absolute atomic E-state index is 12.4. The van der Waals surface area contributed by atoms with Gasteiger partial charge in [0.05, 0.1) is 6.61 Å². The fourth-order valence-electron chi connectivity index (χ4n) is 2.65. The summed E-state index contributed by atoms with van der Waals surface area (Å²) in [6.45, 7) is 7.87. The smallest absolute Gasteiger partial charge is 0.330 e. The third kappa shape index (κ3) is 4.00. The van der Waals surface area contributed by atoms with Gasteiger partial charge in [0.2, 0.25) is 5.91 Å². The number of allylic oxidation sites excluding steroid dienone is 2. The van der Waals surface area contributed by atoms with Gasteiger partial charge in [-0.25, -0.2) is 4.79 Å². The van der Waals surface area contributed by atoms with Crippen LogP contribution in [-0.2, 0) is 16.0 Å². The molecule has 0 aliphatic carbocycles. The molecule has 5 nitrogen and oxygen atoms in total. The molecule has 5 heteroatoms. The van der Waals surface area contributed by atoms with E-state index in [1.54, 1.807) is 30.4 Å². The first kappa shape index (κ1) is 16.8. The second-order valence-corrected chi connectivity index (χ2v) is 5.49. The Morgan fingerprint density at radius 2 is 2.00 bits per heavy atom. The van der Waals surface area contributed by atoms with Gasteiger partial charge in [-0.3, -0.25) is 4.79 Å². The molecule has 2 rings (SSSR count). The minimum absolute atomic E-state index is 0.311. The molecule has 0 saturated carbocycles. The summed E-state index contributed by atoms with van der Waals surface area (Å²) in [4.78, 5) is 23.9. The van der Waals surface area contributed by atoms with E-state index >= 15 is 0 Å². The van der Waals surface area contributed by atoms with Crippen molar-refractivity contribution in [3.63, 3.8) is 0 Å². The summed E-state index contributed by atoms with van der Waals surface area (Å²) < 4.78 is 5.42. The van der Waals surface area contributed by atoms with Crippen LogP contribution in [0.3, 0.4) is 0 Å². The lowest BCUT2D eigenvalue weighted by Gasteiger charge is -2.19. The Morgan fingerprint density at radius 1 is 1.30 bits per heavy atom. The first-order chi connectivity index (χ1) is 11.1. The number of nitrogens with one attached hydrogen (secondary N) is 1. The van der Waals surface area contributed by atoms with Crippen LogP contribution >= 0.6 is 0 Å². The van der Waals surface area contributed by atoms with Crippen molar-refractivity contribution in [3.8, 4) is 5.75 Å². The van der Waals surface area contributed by atoms with Crippen molar-refractivity contribution in [3.05, 3.63) is 54.6 Å². The minimum Gasteiger partial charge on any atom is -0.493 e. The number of hydrogen-bond donors (Lipinski definition) is 2. The third-order valence-corrected chi connectivity index (χ3v) is 3.85. The molecule has 0 aromatic heterocycles. The molecule has 1 aliphatic heterocycles. The molecule has 0 bridgehead atoms. The Labute approximate surface area is 135 Å². The molecule has 1 aliphatic rings. The summed E-state index contributed by atoms with van der Waals surface area (Å²) in [6.07, 6.45) is 5.00. The summed E-state index contributed by atoms with van der Waals surface area (Å²) in [5.74, 6) is -0.980. The molecule has 23 heavy (non-hydrogen) atoms. The van der Waals surface area contributed by atoms with Gasteiger partial charge in [0.25, 0.3) is 0 Å². The van der Waals surface area contributed by atoms with Crippen LogP contribution in [0.2, 0.25) is 0 Å². The molecule has 1 aromatic carbocycles. The Balaban J connectivity index is 2.18. The van der Waals surface area contributed by atoms with E-state index in [-0.39, 0.29) is 11.8 Å². The van der Waals surface area contributed by atoms with E-state index < -0.39 is 12.0 Å². The van der Waals surface area contributed by atoms with Gasteiger partial charge in [-0.2, -0.15) is 0 Å². The van der Waals surface area contributed by atoms with E-state index in [1.165, 1.54) is 0 Å². The lowest BCUT2D eigenvalue weighted by molar-refractivity contribution is -0.142. The van der Waals surface area contributed by atoms with Gasteiger partial charge in [0.15, 0.2) is 6.04 Å². The number of amides is 1. The van der Waals surface area contributed by atoms with E-state index in [0.29, 0.717) is 25.0 Å². The van der Waals surface area contributed by atoms with Gasteiger partial charge in [-0.1, -0.05) is 18.2 Å². The topological polar surface area (TPSA) is 75.6 Å². The first-order valence-electron chi connectivity index (χ1n) is 7.57. The summed E-state index contributed by atoms with van der Waals surface area (Å²) in [6, 6.07) is 4.15. The number of carboxylic acids is 1. The van der Waals surface area contributed by atoms with Gasteiger partial charge in [0, 0.05) is 12.3 Å². The Hall–Kier alpha value is -2.56. The number of carbonyl (C=O) groups excluding carboxylic acids is 1. The Kier molecular flexibility index (Phi) is 5.57. The van der Waals surface area contributed by atoms with Gasteiger partial charge in [-0.05, 0) is 36.1 Å². The molecule has 1 amide bonds. The highest BCUT2D eigenvalue weighted by molar-refractivity contribution is 5.86. The highest BCUT2D eigenvalue weighted by Gasteiger charge is 2.26. The van der Waals surface area contributed by atoms with Crippen molar-refractivity contribution < 1.29 is 19.4 Å². The second kappa shape index (κ2) is 7.63. The average molecular weight is 315 g/mol. The van der Waals surface area contributed by atoms with Gasteiger partial charge in [-0.15, -0.1) is 13.2 Å². The number of hydrogen-bond acceptors (Lipinski definition) is 3. The lowest BCUT2D eigenvalue weighted by atomic mass is 9.98. The number of rotatable bonds is 8. The zero-order chi connectivity index (χ0) is 16.8. The predicted molar refractivity (Wildman–Crippen MR) is 87.3 cm³/mol. The maximum atomic E-state index is 12.4. The van der Waals surface area contributed by atoms with E-state index in [1.807, 2.05) is 0 Å². The fourth-order valence-corrected chi connectivity index (χ4v) is 2.65. The molecule has 0 fully saturated rings. The number of benzene rings is 1. The van der Waals surface area contributed by atoms with Crippen LogP contribution in [0.25, 0.3) is 0 Å². The van der Waals surface area contributed by atoms with Crippen LogP contribution in [0.5, 0.6) is 5.75 Å². The SMILES string of the molecule is C=CCC(CC=C)C(=O)NC(C(=O)O)c1ccc2c(c1)CCO2. The summed E-state index contributed by atoms with van der Waals surface area (Å²) in [5, 5.41) is 12.1. The zero-order valence-corrected chi connectivity index (χ0v) is 13.0. The molecule has 122 valence electrons. The van der Waals surface area contributed by atoms with E-state index in [0.717, 1.165) is 17.7 Å². The lowest BCUT2D eigenvalue weighted by Crippen LogP contribution is -2.37. The normalized spacial score (nSPS) is 13.8.